The van der Waals surface area contributed by atoms with E-state index in [2.05, 4.69) is 0 Å². The van der Waals surface area contributed by atoms with Crippen LogP contribution >= 0.6 is 0 Å². The van der Waals surface area contributed by atoms with Gasteiger partial charge in [0.05, 0.1) is 10.6 Å². The highest BCUT2D eigenvalue weighted by atomic mass is 32.2. The standard InChI is InChI=1S/C14H22FN3O2S/c15-13-10-12(21(17,19)20)6-7-14(13)18(9-8-16)11-4-2-1-3-5-11/h6-7,10-11H,1-5,8-9,16H2,(H2,17,19,20). The van der Waals surface area contributed by atoms with Crippen LogP contribution in [0.2, 0.25) is 0 Å². The molecule has 1 aromatic carbocycles. The van der Waals surface area contributed by atoms with Crippen LogP contribution in [0.1, 0.15) is 32.1 Å². The molecule has 5 nitrogen and oxygen atoms in total. The predicted molar refractivity (Wildman–Crippen MR) is 81.0 cm³/mol. The number of anilines is 1. The molecule has 21 heavy (non-hydrogen) atoms. The molecule has 0 unspecified atom stereocenters. The first kappa shape index (κ1) is 16.2. The van der Waals surface area contributed by atoms with Crippen LogP contribution in [0.15, 0.2) is 23.1 Å². The largest absolute Gasteiger partial charge is 0.365 e. The van der Waals surface area contributed by atoms with Gasteiger partial charge in [-0.15, -0.1) is 0 Å². The first-order valence-electron chi connectivity index (χ1n) is 7.22. The fourth-order valence-electron chi connectivity index (χ4n) is 2.93. The molecule has 0 bridgehead atoms. The molecular weight excluding hydrogens is 293 g/mol. The number of halogens is 1. The van der Waals surface area contributed by atoms with Crippen molar-refractivity contribution in [2.45, 2.75) is 43.0 Å². The molecule has 0 aliphatic heterocycles. The van der Waals surface area contributed by atoms with Crippen LogP contribution in [0.3, 0.4) is 0 Å². The second kappa shape index (κ2) is 6.72. The van der Waals surface area contributed by atoms with Crippen molar-refractivity contribution in [1.29, 1.82) is 0 Å². The fraction of sp³-hybridized carbons (Fsp3) is 0.571. The minimum absolute atomic E-state index is 0.208. The lowest BCUT2D eigenvalue weighted by Crippen LogP contribution is -2.40. The summed E-state index contributed by atoms with van der Waals surface area (Å²) in [5, 5.41) is 5.03. The van der Waals surface area contributed by atoms with Crippen molar-refractivity contribution in [2.75, 3.05) is 18.0 Å². The third-order valence-corrected chi connectivity index (χ3v) is 4.85. The second-order valence-electron chi connectivity index (χ2n) is 5.43. The highest BCUT2D eigenvalue weighted by molar-refractivity contribution is 7.89. The van der Waals surface area contributed by atoms with Crippen molar-refractivity contribution in [2.24, 2.45) is 10.9 Å². The molecule has 0 amide bonds. The van der Waals surface area contributed by atoms with Crippen molar-refractivity contribution in [3.8, 4) is 0 Å². The lowest BCUT2D eigenvalue weighted by Gasteiger charge is -2.36. The summed E-state index contributed by atoms with van der Waals surface area (Å²) in [7, 11) is -3.89. The number of benzene rings is 1. The van der Waals surface area contributed by atoms with E-state index in [9.17, 15) is 12.8 Å². The Balaban J connectivity index is 2.31. The van der Waals surface area contributed by atoms with Crippen LogP contribution in [0.4, 0.5) is 10.1 Å². The summed E-state index contributed by atoms with van der Waals surface area (Å²) in [5.74, 6) is -0.569. The topological polar surface area (TPSA) is 89.4 Å². The summed E-state index contributed by atoms with van der Waals surface area (Å²) < 4.78 is 36.8. The zero-order valence-corrected chi connectivity index (χ0v) is 12.8. The van der Waals surface area contributed by atoms with Gasteiger partial charge in [-0.3, -0.25) is 0 Å². The molecule has 0 spiro atoms. The molecule has 1 aromatic rings. The minimum Gasteiger partial charge on any atom is -0.365 e. The second-order valence-corrected chi connectivity index (χ2v) is 6.99. The van der Waals surface area contributed by atoms with Crippen LogP contribution < -0.4 is 15.8 Å². The molecule has 118 valence electrons. The van der Waals surface area contributed by atoms with Gasteiger partial charge in [0.1, 0.15) is 5.82 Å². The van der Waals surface area contributed by atoms with Gasteiger partial charge in [-0.25, -0.2) is 17.9 Å². The molecule has 1 aliphatic rings. The molecule has 2 rings (SSSR count). The molecule has 4 N–H and O–H groups in total. The van der Waals surface area contributed by atoms with Gasteiger partial charge >= 0.3 is 0 Å². The van der Waals surface area contributed by atoms with E-state index in [1.54, 1.807) is 0 Å². The van der Waals surface area contributed by atoms with Gasteiger partial charge in [0.25, 0.3) is 0 Å². The van der Waals surface area contributed by atoms with Crippen molar-refractivity contribution in [3.63, 3.8) is 0 Å². The summed E-state index contributed by atoms with van der Waals surface area (Å²) in [5.41, 5.74) is 6.05. The van der Waals surface area contributed by atoms with Crippen LogP contribution in [0, 0.1) is 5.82 Å². The van der Waals surface area contributed by atoms with E-state index in [1.165, 1.54) is 18.6 Å². The molecule has 0 radical (unpaired) electrons. The Labute approximate surface area is 125 Å². The number of primary sulfonamides is 1. The summed E-state index contributed by atoms with van der Waals surface area (Å²) in [6.45, 7) is 0.975. The first-order chi connectivity index (χ1) is 9.93. The van der Waals surface area contributed by atoms with E-state index in [-0.39, 0.29) is 10.9 Å². The number of rotatable bonds is 5. The highest BCUT2D eigenvalue weighted by Gasteiger charge is 2.24. The summed E-state index contributed by atoms with van der Waals surface area (Å²) >= 11 is 0. The van der Waals surface area contributed by atoms with E-state index in [0.717, 1.165) is 31.7 Å². The van der Waals surface area contributed by atoms with Gasteiger partial charge in [-0.1, -0.05) is 19.3 Å². The Kier molecular flexibility index (Phi) is 5.18. The van der Waals surface area contributed by atoms with Gasteiger partial charge in [0.15, 0.2) is 0 Å². The third kappa shape index (κ3) is 3.93. The SMILES string of the molecule is NCCN(c1ccc(S(N)(=O)=O)cc1F)C1CCCCC1. The number of nitrogens with two attached hydrogens (primary N) is 2. The van der Waals surface area contributed by atoms with Crippen molar-refractivity contribution in [3.05, 3.63) is 24.0 Å². The zero-order chi connectivity index (χ0) is 15.5. The molecule has 1 fully saturated rings. The van der Waals surface area contributed by atoms with Crippen LogP contribution in [-0.4, -0.2) is 27.5 Å². The Morgan fingerprint density at radius 3 is 2.43 bits per heavy atom. The smallest absolute Gasteiger partial charge is 0.238 e. The van der Waals surface area contributed by atoms with Gasteiger partial charge in [0.2, 0.25) is 10.0 Å². The molecule has 0 aromatic heterocycles. The summed E-state index contributed by atoms with van der Waals surface area (Å²) in [6.07, 6.45) is 5.48. The Morgan fingerprint density at radius 2 is 1.90 bits per heavy atom. The number of sulfonamides is 1. The maximum atomic E-state index is 14.3. The molecule has 1 aliphatic carbocycles. The molecule has 0 atom stereocenters. The Bertz CT molecular complexity index is 586. The van der Waals surface area contributed by atoms with Crippen LogP contribution in [0.5, 0.6) is 0 Å². The maximum Gasteiger partial charge on any atom is 0.238 e. The highest BCUT2D eigenvalue weighted by Crippen LogP contribution is 2.29. The van der Waals surface area contributed by atoms with E-state index in [0.29, 0.717) is 18.8 Å². The van der Waals surface area contributed by atoms with Crippen molar-refractivity contribution in [1.82, 2.24) is 0 Å². The normalized spacial score (nSPS) is 16.9. The van der Waals surface area contributed by atoms with Crippen molar-refractivity contribution >= 4 is 15.7 Å². The number of hydrogen-bond acceptors (Lipinski definition) is 4. The summed E-state index contributed by atoms with van der Waals surface area (Å²) in [4.78, 5) is 1.75. The van der Waals surface area contributed by atoms with Gasteiger partial charge in [-0.2, -0.15) is 0 Å². The fourth-order valence-corrected chi connectivity index (χ4v) is 3.45. The molecule has 0 saturated heterocycles. The van der Waals surface area contributed by atoms with Gasteiger partial charge < -0.3 is 10.6 Å². The Morgan fingerprint density at radius 1 is 1.24 bits per heavy atom. The number of nitrogens with zero attached hydrogens (tertiary/aromatic N) is 1. The van der Waals surface area contributed by atoms with Gasteiger partial charge in [-0.05, 0) is 31.0 Å². The quantitative estimate of drug-likeness (QED) is 0.863. The Hall–Kier alpha value is -1.18. The van der Waals surface area contributed by atoms with Crippen LogP contribution in [0.25, 0.3) is 0 Å². The van der Waals surface area contributed by atoms with Gasteiger partial charge in [0, 0.05) is 19.1 Å². The van der Waals surface area contributed by atoms with E-state index >= 15 is 0 Å². The zero-order valence-electron chi connectivity index (χ0n) is 12.0. The lowest BCUT2D eigenvalue weighted by molar-refractivity contribution is 0.412. The first-order valence-corrected chi connectivity index (χ1v) is 8.77. The minimum atomic E-state index is -3.89. The monoisotopic (exact) mass is 315 g/mol. The van der Waals surface area contributed by atoms with E-state index < -0.39 is 15.8 Å². The molecule has 0 heterocycles. The maximum absolute atomic E-state index is 14.3. The number of hydrogen-bond donors (Lipinski definition) is 2. The molecular formula is C14H22FN3O2S. The van der Waals surface area contributed by atoms with Crippen molar-refractivity contribution < 1.29 is 12.8 Å². The van der Waals surface area contributed by atoms with E-state index in [1.807, 2.05) is 4.90 Å². The molecule has 1 saturated carbocycles. The predicted octanol–water partition coefficient (Wildman–Crippen LogP) is 1.57. The average molecular weight is 315 g/mol. The van der Waals surface area contributed by atoms with Crippen LogP contribution in [-0.2, 0) is 10.0 Å². The van der Waals surface area contributed by atoms with E-state index in [4.69, 9.17) is 10.9 Å². The molecule has 7 heteroatoms. The summed E-state index contributed by atoms with van der Waals surface area (Å²) in [6, 6.07) is 4.08. The average Bonchev–Trinajstić information content (AvgIpc) is 2.45. The lowest BCUT2D eigenvalue weighted by atomic mass is 9.93. The third-order valence-electron chi connectivity index (χ3n) is 3.94.